The summed E-state index contributed by atoms with van der Waals surface area (Å²) in [7, 11) is 0. The van der Waals surface area contributed by atoms with Crippen molar-refractivity contribution < 1.29 is 14.7 Å². The van der Waals surface area contributed by atoms with Crippen molar-refractivity contribution in [2.45, 2.75) is 20.8 Å². The standard InChI is InChI=1S/C55H45N3O3S/c1-36-14-21-45(30-37(36)2)50(42-10-6-4-7-11-42)32-39-15-22-44(23-16-39)49-29-24-46(31-38(49)3)51(43-12-8-5-9-13-43)33-40-17-25-47(26-18-40)56-48-27-19-41(20-28-48)34-52-54(61)58-55(57-52)62-35-53(59)60/h4-34,56H,35H2,1-3H3,(H,59,60)(H,57,58,61)/b50-32+,51-33+,52-34-. The first-order valence-corrected chi connectivity index (χ1v) is 21.4. The van der Waals surface area contributed by atoms with E-state index in [0.29, 0.717) is 0 Å². The van der Waals surface area contributed by atoms with Crippen molar-refractivity contribution in [3.05, 3.63) is 231 Å². The highest BCUT2D eigenvalue weighted by Gasteiger charge is 2.21. The molecule has 7 aromatic rings. The maximum Gasteiger partial charge on any atom is 0.313 e. The Morgan fingerprint density at radius 1 is 0.597 bits per heavy atom. The number of carboxylic acid groups (broad SMARTS) is 1. The van der Waals surface area contributed by atoms with Crippen molar-refractivity contribution in [1.29, 1.82) is 0 Å². The monoisotopic (exact) mass is 827 g/mol. The molecule has 1 amide bonds. The van der Waals surface area contributed by atoms with E-state index in [2.05, 4.69) is 188 Å². The van der Waals surface area contributed by atoms with E-state index >= 15 is 0 Å². The number of thioether (sulfide) groups is 1. The number of hydrogen-bond acceptors (Lipinski definition) is 5. The van der Waals surface area contributed by atoms with Crippen LogP contribution in [-0.2, 0) is 9.59 Å². The number of carbonyl (C=O) groups excluding carboxylic acids is 1. The summed E-state index contributed by atoms with van der Waals surface area (Å²) in [6.07, 6.45) is 6.21. The van der Waals surface area contributed by atoms with E-state index < -0.39 is 5.97 Å². The molecular formula is C55H45N3O3S. The number of benzene rings is 7. The van der Waals surface area contributed by atoms with E-state index in [1.54, 1.807) is 6.08 Å². The quantitative estimate of drug-likeness (QED) is 0.0843. The highest BCUT2D eigenvalue weighted by Crippen LogP contribution is 2.33. The largest absolute Gasteiger partial charge is 0.481 e. The van der Waals surface area contributed by atoms with Crippen molar-refractivity contribution in [1.82, 2.24) is 5.32 Å². The fourth-order valence-corrected chi connectivity index (χ4v) is 7.94. The highest BCUT2D eigenvalue weighted by molar-refractivity contribution is 8.14. The fraction of sp³-hybridized carbons (Fsp3) is 0.0727. The lowest BCUT2D eigenvalue weighted by Crippen LogP contribution is -2.22. The molecule has 3 N–H and O–H groups in total. The zero-order valence-corrected chi connectivity index (χ0v) is 35.5. The maximum absolute atomic E-state index is 12.3. The summed E-state index contributed by atoms with van der Waals surface area (Å²) < 4.78 is 0. The maximum atomic E-state index is 12.3. The minimum atomic E-state index is -0.971. The zero-order chi connectivity index (χ0) is 43.0. The van der Waals surface area contributed by atoms with Gasteiger partial charge in [0.05, 0.1) is 5.75 Å². The number of anilines is 2. The summed E-state index contributed by atoms with van der Waals surface area (Å²) >= 11 is 0.979. The van der Waals surface area contributed by atoms with Crippen LogP contribution in [0, 0.1) is 20.8 Å². The summed E-state index contributed by atoms with van der Waals surface area (Å²) in [5, 5.41) is 15.3. The molecular weight excluding hydrogens is 783 g/mol. The van der Waals surface area contributed by atoms with Gasteiger partial charge in [0, 0.05) is 11.4 Å². The molecule has 0 unspecified atom stereocenters. The molecule has 1 aliphatic heterocycles. The number of amides is 1. The van der Waals surface area contributed by atoms with Gasteiger partial charge in [0.15, 0.2) is 5.17 Å². The van der Waals surface area contributed by atoms with Gasteiger partial charge in [-0.25, -0.2) is 4.99 Å². The van der Waals surface area contributed by atoms with Gasteiger partial charge in [0.1, 0.15) is 5.70 Å². The van der Waals surface area contributed by atoms with E-state index in [1.807, 2.05) is 30.3 Å². The molecule has 0 bridgehead atoms. The van der Waals surface area contributed by atoms with Crippen LogP contribution in [0.2, 0.25) is 0 Å². The molecule has 1 heterocycles. The van der Waals surface area contributed by atoms with Gasteiger partial charge in [0.2, 0.25) is 0 Å². The normalized spacial score (nSPS) is 13.5. The Balaban J connectivity index is 0.993. The van der Waals surface area contributed by atoms with Gasteiger partial charge in [-0.3, -0.25) is 14.9 Å². The molecule has 7 heteroatoms. The third kappa shape index (κ3) is 10.1. The first kappa shape index (κ1) is 41.3. The molecule has 1 aliphatic rings. The lowest BCUT2D eigenvalue weighted by molar-refractivity contribution is -0.133. The number of hydrogen-bond donors (Lipinski definition) is 3. The molecule has 0 saturated carbocycles. The number of aliphatic imine (C=N–C) groups is 1. The Labute approximate surface area is 367 Å². The smallest absolute Gasteiger partial charge is 0.313 e. The number of amidine groups is 1. The van der Waals surface area contributed by atoms with Crippen LogP contribution in [0.25, 0.3) is 40.5 Å². The predicted octanol–water partition coefficient (Wildman–Crippen LogP) is 12.8. The number of carbonyl (C=O) groups is 2. The number of nitrogens with one attached hydrogen (secondary N) is 2. The molecule has 0 radical (unpaired) electrons. The minimum absolute atomic E-state index is 0.173. The van der Waals surface area contributed by atoms with Crippen LogP contribution in [0.4, 0.5) is 11.4 Å². The summed E-state index contributed by atoms with van der Waals surface area (Å²) in [6, 6.07) is 59.5. The van der Waals surface area contributed by atoms with Crippen LogP contribution in [0.15, 0.2) is 181 Å². The van der Waals surface area contributed by atoms with Gasteiger partial charge in [-0.1, -0.05) is 157 Å². The van der Waals surface area contributed by atoms with Crippen LogP contribution >= 0.6 is 11.8 Å². The second-order valence-corrected chi connectivity index (χ2v) is 16.2. The molecule has 6 nitrogen and oxygen atoms in total. The van der Waals surface area contributed by atoms with Gasteiger partial charge in [-0.05, 0) is 141 Å². The molecule has 0 atom stereocenters. The fourth-order valence-electron chi connectivity index (χ4n) is 7.35. The SMILES string of the molecule is Cc1ccc(/C(=C/c2ccc(-c3ccc(/C(=C/c4ccc(Nc5ccc(/C=C6\N=C(SCC(=O)O)NC6=O)cc5)cc4)c4ccccc4)cc3C)cc2)c2ccccc2)cc1C. The molecule has 0 aliphatic carbocycles. The lowest BCUT2D eigenvalue weighted by atomic mass is 9.91. The Kier molecular flexibility index (Phi) is 12.5. The second-order valence-electron chi connectivity index (χ2n) is 15.3. The molecule has 304 valence electrons. The zero-order valence-electron chi connectivity index (χ0n) is 34.7. The van der Waals surface area contributed by atoms with Crippen LogP contribution < -0.4 is 10.6 Å². The topological polar surface area (TPSA) is 90.8 Å². The summed E-state index contributed by atoms with van der Waals surface area (Å²) in [5.74, 6) is -1.50. The van der Waals surface area contributed by atoms with Crippen LogP contribution in [-0.4, -0.2) is 27.9 Å². The van der Waals surface area contributed by atoms with Crippen molar-refractivity contribution >= 4 is 69.6 Å². The number of nitrogens with zero attached hydrogens (tertiary/aromatic N) is 1. The van der Waals surface area contributed by atoms with E-state index in [9.17, 15) is 9.59 Å². The average Bonchev–Trinajstić information content (AvgIpc) is 3.65. The Bertz CT molecular complexity index is 2880. The number of rotatable bonds is 12. The lowest BCUT2D eigenvalue weighted by Gasteiger charge is -2.14. The molecule has 8 rings (SSSR count). The number of aliphatic carboxylic acids is 1. The van der Waals surface area contributed by atoms with Gasteiger partial charge in [0.25, 0.3) is 5.91 Å². The Morgan fingerprint density at radius 2 is 1.11 bits per heavy atom. The van der Waals surface area contributed by atoms with Crippen LogP contribution in [0.3, 0.4) is 0 Å². The molecule has 7 aromatic carbocycles. The van der Waals surface area contributed by atoms with Crippen molar-refractivity contribution in [2.75, 3.05) is 11.1 Å². The van der Waals surface area contributed by atoms with Crippen LogP contribution in [0.5, 0.6) is 0 Å². The van der Waals surface area contributed by atoms with E-state index in [1.165, 1.54) is 44.5 Å². The molecule has 0 spiro atoms. The minimum Gasteiger partial charge on any atom is -0.481 e. The highest BCUT2D eigenvalue weighted by atomic mass is 32.2. The van der Waals surface area contributed by atoms with Crippen molar-refractivity contribution in [2.24, 2.45) is 4.99 Å². The second kappa shape index (κ2) is 18.8. The molecule has 0 fully saturated rings. The average molecular weight is 828 g/mol. The summed E-state index contributed by atoms with van der Waals surface area (Å²) in [5.41, 5.74) is 18.3. The number of carboxylic acids is 1. The van der Waals surface area contributed by atoms with Crippen molar-refractivity contribution in [3.63, 3.8) is 0 Å². The van der Waals surface area contributed by atoms with Gasteiger partial charge in [-0.2, -0.15) is 0 Å². The number of aryl methyl sites for hydroxylation is 3. The van der Waals surface area contributed by atoms with Crippen molar-refractivity contribution in [3.8, 4) is 11.1 Å². The van der Waals surface area contributed by atoms with Gasteiger partial charge >= 0.3 is 5.97 Å². The van der Waals surface area contributed by atoms with E-state index in [-0.39, 0.29) is 22.5 Å². The van der Waals surface area contributed by atoms with Gasteiger partial charge < -0.3 is 10.4 Å². The predicted molar refractivity (Wildman–Crippen MR) is 259 cm³/mol. The summed E-state index contributed by atoms with van der Waals surface area (Å²) in [6.45, 7) is 6.51. The van der Waals surface area contributed by atoms with E-state index in [0.717, 1.165) is 56.5 Å². The summed E-state index contributed by atoms with van der Waals surface area (Å²) in [4.78, 5) is 27.4. The molecule has 0 saturated heterocycles. The first-order chi connectivity index (χ1) is 30.1. The third-order valence-corrected chi connectivity index (χ3v) is 11.6. The Hall–Kier alpha value is -7.48. The third-order valence-electron chi connectivity index (χ3n) is 10.8. The van der Waals surface area contributed by atoms with E-state index in [4.69, 9.17) is 5.11 Å². The first-order valence-electron chi connectivity index (χ1n) is 20.4. The molecule has 0 aromatic heterocycles. The van der Waals surface area contributed by atoms with Crippen LogP contribution in [0.1, 0.15) is 55.6 Å². The molecule has 62 heavy (non-hydrogen) atoms. The Morgan fingerprint density at radius 3 is 1.65 bits per heavy atom. The van der Waals surface area contributed by atoms with Gasteiger partial charge in [-0.15, -0.1) is 0 Å².